The minimum Gasteiger partial charge on any atom is -0.343 e. The molecule has 1 aromatic carbocycles. The number of nitrogens with zero attached hydrogens (tertiary/aromatic N) is 3. The number of likely N-dealkylation sites (tertiary alicyclic amines) is 1. The Balaban J connectivity index is 1.28. The molecule has 36 heavy (non-hydrogen) atoms. The molecule has 1 N–H and O–H groups in total. The standard InChI is InChI=1S/C27H31Br2ClN4O2/c28-20-13-19-5-4-18-14-21(30)15-22(29)24(18)25(26(19)32-16-20)17-6-11-33(12-7-17)23(35)3-1-9-34-10-2-8-31-27(34)36/h13-17,25H,1-12H2,(H,31,36)/t25-/m1/s1. The normalized spacial score (nSPS) is 20.4. The molecule has 0 saturated carbocycles. The molecule has 9 heteroatoms. The van der Waals surface area contributed by atoms with Crippen LogP contribution in [0.3, 0.4) is 0 Å². The molecule has 2 aromatic rings. The zero-order valence-corrected chi connectivity index (χ0v) is 24.2. The molecule has 6 nitrogen and oxygen atoms in total. The van der Waals surface area contributed by atoms with Crippen molar-refractivity contribution in [3.63, 3.8) is 0 Å². The first-order chi connectivity index (χ1) is 17.4. The van der Waals surface area contributed by atoms with Gasteiger partial charge in [0.25, 0.3) is 0 Å². The maximum absolute atomic E-state index is 13.0. The molecular weight excluding hydrogens is 608 g/mol. The predicted octanol–water partition coefficient (Wildman–Crippen LogP) is 5.92. The van der Waals surface area contributed by atoms with E-state index in [-0.39, 0.29) is 17.9 Å². The Bertz CT molecular complexity index is 1150. The maximum atomic E-state index is 13.0. The summed E-state index contributed by atoms with van der Waals surface area (Å²) in [5.74, 6) is 0.766. The van der Waals surface area contributed by atoms with Crippen molar-refractivity contribution < 1.29 is 9.59 Å². The van der Waals surface area contributed by atoms with Gasteiger partial charge in [0.2, 0.25) is 5.91 Å². The highest BCUT2D eigenvalue weighted by Crippen LogP contribution is 2.46. The third-order valence-electron chi connectivity index (χ3n) is 7.77. The molecule has 2 fully saturated rings. The number of hydrogen-bond donors (Lipinski definition) is 1. The van der Waals surface area contributed by atoms with Crippen LogP contribution in [-0.2, 0) is 17.6 Å². The van der Waals surface area contributed by atoms with Crippen LogP contribution in [0.1, 0.15) is 60.4 Å². The van der Waals surface area contributed by atoms with E-state index in [0.717, 1.165) is 77.9 Å². The van der Waals surface area contributed by atoms with Gasteiger partial charge in [0.15, 0.2) is 0 Å². The summed E-state index contributed by atoms with van der Waals surface area (Å²) in [6.45, 7) is 3.69. The van der Waals surface area contributed by atoms with Crippen molar-refractivity contribution >= 4 is 55.4 Å². The number of hydrogen-bond acceptors (Lipinski definition) is 3. The molecule has 2 aliphatic heterocycles. The lowest BCUT2D eigenvalue weighted by atomic mass is 9.76. The lowest BCUT2D eigenvalue weighted by Gasteiger charge is -2.37. The van der Waals surface area contributed by atoms with E-state index in [1.807, 2.05) is 22.1 Å². The van der Waals surface area contributed by atoms with Crippen molar-refractivity contribution in [2.24, 2.45) is 5.92 Å². The van der Waals surface area contributed by atoms with Gasteiger partial charge < -0.3 is 15.1 Å². The summed E-state index contributed by atoms with van der Waals surface area (Å²) < 4.78 is 2.05. The van der Waals surface area contributed by atoms with Crippen LogP contribution < -0.4 is 5.32 Å². The average Bonchev–Trinajstić information content (AvgIpc) is 3.02. The van der Waals surface area contributed by atoms with Gasteiger partial charge in [-0.3, -0.25) is 9.78 Å². The molecule has 1 aliphatic carbocycles. The van der Waals surface area contributed by atoms with E-state index in [4.69, 9.17) is 16.6 Å². The number of urea groups is 1. The predicted molar refractivity (Wildman–Crippen MR) is 148 cm³/mol. The van der Waals surface area contributed by atoms with Crippen LogP contribution in [0, 0.1) is 5.92 Å². The molecule has 0 radical (unpaired) electrons. The number of carbonyl (C=O) groups is 2. The summed E-state index contributed by atoms with van der Waals surface area (Å²) in [5, 5.41) is 3.62. The van der Waals surface area contributed by atoms with Gasteiger partial charge >= 0.3 is 6.03 Å². The zero-order chi connectivity index (χ0) is 25.2. The van der Waals surface area contributed by atoms with Gasteiger partial charge in [-0.1, -0.05) is 27.5 Å². The summed E-state index contributed by atoms with van der Waals surface area (Å²) in [6.07, 6.45) is 7.82. The van der Waals surface area contributed by atoms with Crippen molar-refractivity contribution in [3.05, 3.63) is 60.7 Å². The molecule has 1 aromatic heterocycles. The second kappa shape index (κ2) is 11.4. The number of halogens is 3. The number of aromatic nitrogens is 1. The smallest absolute Gasteiger partial charge is 0.317 e. The van der Waals surface area contributed by atoms with Crippen molar-refractivity contribution in [1.29, 1.82) is 0 Å². The van der Waals surface area contributed by atoms with E-state index >= 15 is 0 Å². The lowest BCUT2D eigenvalue weighted by molar-refractivity contribution is -0.132. The maximum Gasteiger partial charge on any atom is 0.317 e. The number of fused-ring (bicyclic) bond motifs is 2. The van der Waals surface area contributed by atoms with E-state index in [2.05, 4.69) is 49.3 Å². The lowest BCUT2D eigenvalue weighted by Crippen LogP contribution is -2.47. The van der Waals surface area contributed by atoms with Gasteiger partial charge in [0, 0.05) is 65.2 Å². The SMILES string of the molecule is O=C(CCCN1CCCNC1=O)N1CCC([C@H]2c3ncc(Br)cc3CCc3cc(Cl)cc(Br)c32)CC1. The number of piperidine rings is 1. The van der Waals surface area contributed by atoms with Crippen molar-refractivity contribution in [2.75, 3.05) is 32.7 Å². The number of amides is 3. The first-order valence-corrected chi connectivity index (χ1v) is 14.8. The molecule has 0 bridgehead atoms. The van der Waals surface area contributed by atoms with Gasteiger partial charge in [-0.2, -0.15) is 0 Å². The van der Waals surface area contributed by atoms with Crippen molar-refractivity contribution in [3.8, 4) is 0 Å². The quantitative estimate of drug-likeness (QED) is 0.442. The summed E-state index contributed by atoms with van der Waals surface area (Å²) in [6, 6.07) is 6.31. The number of benzene rings is 1. The molecule has 5 rings (SSSR count). The fourth-order valence-electron chi connectivity index (χ4n) is 5.98. The topological polar surface area (TPSA) is 65.5 Å². The van der Waals surface area contributed by atoms with Gasteiger partial charge in [-0.25, -0.2) is 4.79 Å². The first kappa shape index (κ1) is 26.0. The Kier molecular flexibility index (Phi) is 8.23. The van der Waals surface area contributed by atoms with Gasteiger partial charge in [-0.05, 0) is 95.3 Å². The third kappa shape index (κ3) is 5.60. The van der Waals surface area contributed by atoms with E-state index in [9.17, 15) is 9.59 Å². The number of aryl methyl sites for hydroxylation is 2. The first-order valence-electron chi connectivity index (χ1n) is 12.8. The molecule has 3 aliphatic rings. The second-order valence-electron chi connectivity index (χ2n) is 10.0. The van der Waals surface area contributed by atoms with Crippen LogP contribution in [0.5, 0.6) is 0 Å². The molecule has 3 heterocycles. The average molecular weight is 639 g/mol. The highest BCUT2D eigenvalue weighted by atomic mass is 79.9. The van der Waals surface area contributed by atoms with Crippen LogP contribution in [0.4, 0.5) is 4.79 Å². The van der Waals surface area contributed by atoms with Crippen molar-refractivity contribution in [1.82, 2.24) is 20.1 Å². The Hall–Kier alpha value is -1.64. The molecule has 192 valence electrons. The highest BCUT2D eigenvalue weighted by molar-refractivity contribution is 9.10. The monoisotopic (exact) mass is 636 g/mol. The van der Waals surface area contributed by atoms with E-state index < -0.39 is 0 Å². The minimum atomic E-state index is -0.00781. The number of carbonyl (C=O) groups excluding carboxylic acids is 2. The molecule has 0 spiro atoms. The van der Waals surface area contributed by atoms with E-state index in [0.29, 0.717) is 25.3 Å². The Labute approximate surface area is 234 Å². The van der Waals surface area contributed by atoms with Crippen LogP contribution >= 0.6 is 43.5 Å². The molecular formula is C27H31Br2ClN4O2. The second-order valence-corrected chi connectivity index (χ2v) is 12.2. The summed E-state index contributed by atoms with van der Waals surface area (Å²) in [4.78, 5) is 33.6. The Morgan fingerprint density at radius 2 is 1.89 bits per heavy atom. The molecule has 2 saturated heterocycles. The summed E-state index contributed by atoms with van der Waals surface area (Å²) >= 11 is 13.9. The Morgan fingerprint density at radius 3 is 2.67 bits per heavy atom. The van der Waals surface area contributed by atoms with Gasteiger partial charge in [0.05, 0.1) is 5.69 Å². The molecule has 0 unspecified atom stereocenters. The van der Waals surface area contributed by atoms with Crippen LogP contribution in [0.15, 0.2) is 33.3 Å². The zero-order valence-electron chi connectivity index (χ0n) is 20.2. The Morgan fingerprint density at radius 1 is 1.11 bits per heavy atom. The van der Waals surface area contributed by atoms with Crippen LogP contribution in [-0.4, -0.2) is 59.4 Å². The largest absolute Gasteiger partial charge is 0.343 e. The fourth-order valence-corrected chi connectivity index (χ4v) is 7.48. The number of rotatable bonds is 5. The minimum absolute atomic E-state index is 0.00781. The van der Waals surface area contributed by atoms with Gasteiger partial charge in [0.1, 0.15) is 0 Å². The number of pyridine rings is 1. The summed E-state index contributed by atoms with van der Waals surface area (Å²) in [7, 11) is 0. The highest BCUT2D eigenvalue weighted by Gasteiger charge is 2.36. The fraction of sp³-hybridized carbons (Fsp3) is 0.519. The third-order valence-corrected chi connectivity index (χ3v) is 9.08. The van der Waals surface area contributed by atoms with E-state index in [1.165, 1.54) is 16.7 Å². The number of nitrogens with one attached hydrogen (secondary N) is 1. The van der Waals surface area contributed by atoms with Crippen molar-refractivity contribution in [2.45, 2.75) is 50.9 Å². The van der Waals surface area contributed by atoms with Crippen LogP contribution in [0.2, 0.25) is 5.02 Å². The van der Waals surface area contributed by atoms with Gasteiger partial charge in [-0.15, -0.1) is 0 Å². The molecule has 3 amide bonds. The van der Waals surface area contributed by atoms with E-state index in [1.54, 1.807) is 0 Å². The molecule has 1 atom stereocenters. The van der Waals surface area contributed by atoms with Crippen LogP contribution in [0.25, 0.3) is 0 Å². The summed E-state index contributed by atoms with van der Waals surface area (Å²) in [5.41, 5.74) is 5.03.